The van der Waals surface area contributed by atoms with Gasteiger partial charge in [-0.3, -0.25) is 0 Å². The number of ether oxygens (including phenoxy) is 1. The van der Waals surface area contributed by atoms with E-state index in [1.807, 2.05) is 43.3 Å². The van der Waals surface area contributed by atoms with E-state index in [0.29, 0.717) is 12.1 Å². The van der Waals surface area contributed by atoms with Gasteiger partial charge in [0.05, 0.1) is 24.4 Å². The minimum atomic E-state index is -1.31. The number of benzene rings is 4. The summed E-state index contributed by atoms with van der Waals surface area (Å²) in [5, 5.41) is 25.8. The maximum atomic E-state index is 13.9. The van der Waals surface area contributed by atoms with Crippen LogP contribution in [0.2, 0.25) is 0 Å². The van der Waals surface area contributed by atoms with Gasteiger partial charge in [-0.25, -0.2) is 9.18 Å². The molecule has 0 aliphatic heterocycles. The van der Waals surface area contributed by atoms with Crippen molar-refractivity contribution >= 4 is 16.7 Å². The summed E-state index contributed by atoms with van der Waals surface area (Å²) in [6, 6.07) is 26.3. The molecule has 0 aliphatic carbocycles. The van der Waals surface area contributed by atoms with Gasteiger partial charge in [0.15, 0.2) is 0 Å². The minimum Gasteiger partial charge on any atom is -0.478 e. The van der Waals surface area contributed by atoms with Crippen molar-refractivity contribution in [3.05, 3.63) is 107 Å². The van der Waals surface area contributed by atoms with Crippen LogP contribution in [0.4, 0.5) is 4.39 Å². The first-order chi connectivity index (χ1) is 18.1. The zero-order valence-corrected chi connectivity index (χ0v) is 21.9. The standard InChI is InChI=1S/C32H34FNO4/c1-21(27-10-6-7-11-28(27)25-14-15-30(33)29(17-25)31(36)37)38-20-26(35)19-34-32(2,3)18-22-12-13-23-8-4-5-9-24(23)16-22/h4-17,21,26,34-35H,18-20H2,1-3H3,(H,36,37)/t21-,26-/m1/s1. The number of carbonyl (C=O) groups is 1. The van der Waals surface area contributed by atoms with E-state index in [2.05, 4.69) is 49.5 Å². The Morgan fingerprint density at radius 1 is 0.974 bits per heavy atom. The van der Waals surface area contributed by atoms with Gasteiger partial charge in [-0.2, -0.15) is 0 Å². The van der Waals surface area contributed by atoms with E-state index < -0.39 is 17.9 Å². The van der Waals surface area contributed by atoms with Gasteiger partial charge in [0, 0.05) is 12.1 Å². The Kier molecular flexibility index (Phi) is 8.57. The van der Waals surface area contributed by atoms with Crippen molar-refractivity contribution in [1.29, 1.82) is 0 Å². The molecule has 38 heavy (non-hydrogen) atoms. The molecule has 0 saturated carbocycles. The van der Waals surface area contributed by atoms with Crippen LogP contribution in [0.1, 0.15) is 48.4 Å². The number of fused-ring (bicyclic) bond motifs is 1. The monoisotopic (exact) mass is 515 g/mol. The summed E-state index contributed by atoms with van der Waals surface area (Å²) in [5.41, 5.74) is 2.79. The number of β-amino-alcohol motifs (C(OH)–C–C–N with tert-alkyl or cyclic N) is 1. The number of aromatic carboxylic acids is 1. The molecule has 6 heteroatoms. The summed E-state index contributed by atoms with van der Waals surface area (Å²) >= 11 is 0. The molecule has 0 amide bonds. The summed E-state index contributed by atoms with van der Waals surface area (Å²) in [6.45, 7) is 6.60. The molecule has 3 N–H and O–H groups in total. The zero-order valence-electron chi connectivity index (χ0n) is 21.9. The van der Waals surface area contributed by atoms with Crippen LogP contribution in [0.5, 0.6) is 0 Å². The van der Waals surface area contributed by atoms with Gasteiger partial charge in [-0.1, -0.05) is 72.8 Å². The number of carboxylic acids is 1. The fourth-order valence-corrected chi connectivity index (χ4v) is 4.69. The fraction of sp³-hybridized carbons (Fsp3) is 0.281. The molecule has 0 heterocycles. The van der Waals surface area contributed by atoms with Crippen LogP contribution in [-0.4, -0.2) is 41.0 Å². The molecule has 0 spiro atoms. The second-order valence-electron chi connectivity index (χ2n) is 10.3. The van der Waals surface area contributed by atoms with Crippen molar-refractivity contribution in [2.75, 3.05) is 13.2 Å². The fourth-order valence-electron chi connectivity index (χ4n) is 4.69. The number of carboxylic acid groups (broad SMARTS) is 1. The first-order valence-electron chi connectivity index (χ1n) is 12.8. The van der Waals surface area contributed by atoms with Gasteiger partial charge < -0.3 is 20.3 Å². The van der Waals surface area contributed by atoms with Gasteiger partial charge in [-0.05, 0) is 72.4 Å². The van der Waals surface area contributed by atoms with Crippen LogP contribution in [0, 0.1) is 5.82 Å². The lowest BCUT2D eigenvalue weighted by Crippen LogP contribution is -2.46. The van der Waals surface area contributed by atoms with Crippen molar-refractivity contribution in [3.63, 3.8) is 0 Å². The molecule has 2 atom stereocenters. The van der Waals surface area contributed by atoms with E-state index in [-0.39, 0.29) is 23.8 Å². The average molecular weight is 516 g/mol. The molecule has 0 aromatic heterocycles. The van der Waals surface area contributed by atoms with Crippen LogP contribution >= 0.6 is 0 Å². The first kappa shape index (κ1) is 27.5. The second kappa shape index (κ2) is 11.9. The molecule has 4 rings (SSSR count). The second-order valence-corrected chi connectivity index (χ2v) is 10.3. The van der Waals surface area contributed by atoms with E-state index in [9.17, 15) is 19.4 Å². The third-order valence-corrected chi connectivity index (χ3v) is 6.72. The highest BCUT2D eigenvalue weighted by Crippen LogP contribution is 2.31. The van der Waals surface area contributed by atoms with Crippen LogP contribution < -0.4 is 5.32 Å². The summed E-state index contributed by atoms with van der Waals surface area (Å²) in [4.78, 5) is 11.4. The highest BCUT2D eigenvalue weighted by molar-refractivity contribution is 5.90. The minimum absolute atomic E-state index is 0.123. The molecule has 4 aromatic rings. The Balaban J connectivity index is 1.35. The predicted octanol–water partition coefficient (Wildman–Crippen LogP) is 6.39. The van der Waals surface area contributed by atoms with Crippen molar-refractivity contribution in [2.45, 2.75) is 44.9 Å². The quantitative estimate of drug-likeness (QED) is 0.216. The number of rotatable bonds is 11. The van der Waals surface area contributed by atoms with E-state index in [0.717, 1.165) is 23.6 Å². The van der Waals surface area contributed by atoms with Gasteiger partial charge >= 0.3 is 5.97 Å². The smallest absolute Gasteiger partial charge is 0.338 e. The van der Waals surface area contributed by atoms with Crippen LogP contribution in [0.15, 0.2) is 84.9 Å². The number of aliphatic hydroxyl groups is 1. The number of nitrogens with one attached hydrogen (secondary N) is 1. The molecule has 198 valence electrons. The van der Waals surface area contributed by atoms with E-state index >= 15 is 0 Å². The maximum absolute atomic E-state index is 13.9. The molecule has 0 radical (unpaired) electrons. The lowest BCUT2D eigenvalue weighted by Gasteiger charge is -2.28. The van der Waals surface area contributed by atoms with E-state index in [4.69, 9.17) is 4.74 Å². The predicted molar refractivity (Wildman–Crippen MR) is 149 cm³/mol. The van der Waals surface area contributed by atoms with Gasteiger partial charge in [-0.15, -0.1) is 0 Å². The van der Waals surface area contributed by atoms with Crippen LogP contribution in [-0.2, 0) is 11.2 Å². The Morgan fingerprint density at radius 3 is 2.45 bits per heavy atom. The number of hydrogen-bond acceptors (Lipinski definition) is 4. The zero-order chi connectivity index (χ0) is 27.3. The van der Waals surface area contributed by atoms with Crippen LogP contribution in [0.25, 0.3) is 21.9 Å². The third-order valence-electron chi connectivity index (χ3n) is 6.72. The van der Waals surface area contributed by atoms with Gasteiger partial charge in [0.2, 0.25) is 0 Å². The number of halogens is 1. The molecule has 0 bridgehead atoms. The topological polar surface area (TPSA) is 78.8 Å². The Morgan fingerprint density at radius 2 is 1.68 bits per heavy atom. The Bertz CT molecular complexity index is 1420. The third kappa shape index (κ3) is 6.84. The lowest BCUT2D eigenvalue weighted by molar-refractivity contribution is -0.00397. The SMILES string of the molecule is C[C@@H](OC[C@H](O)CNC(C)(C)Cc1ccc2ccccc2c1)c1ccccc1-c1ccc(F)c(C(=O)O)c1. The molecule has 5 nitrogen and oxygen atoms in total. The Hall–Kier alpha value is -3.58. The summed E-state index contributed by atoms with van der Waals surface area (Å²) in [5.74, 6) is -2.09. The molecular formula is C32H34FNO4. The molecule has 0 saturated heterocycles. The molecular weight excluding hydrogens is 481 g/mol. The molecule has 0 aliphatic rings. The van der Waals surface area contributed by atoms with Crippen molar-refractivity contribution in [2.24, 2.45) is 0 Å². The average Bonchev–Trinajstić information content (AvgIpc) is 2.90. The van der Waals surface area contributed by atoms with Crippen molar-refractivity contribution < 1.29 is 24.1 Å². The summed E-state index contributed by atoms with van der Waals surface area (Å²) in [6.07, 6.45) is -0.278. The summed E-state index contributed by atoms with van der Waals surface area (Å²) in [7, 11) is 0. The number of aliphatic hydroxyl groups excluding tert-OH is 1. The van der Waals surface area contributed by atoms with Crippen molar-refractivity contribution in [1.82, 2.24) is 5.32 Å². The molecule has 0 unspecified atom stereocenters. The largest absolute Gasteiger partial charge is 0.478 e. The molecule has 0 fully saturated rings. The van der Waals surface area contributed by atoms with Crippen molar-refractivity contribution in [3.8, 4) is 11.1 Å². The summed E-state index contributed by atoms with van der Waals surface area (Å²) < 4.78 is 19.9. The van der Waals surface area contributed by atoms with E-state index in [1.54, 1.807) is 6.07 Å². The number of hydrogen-bond donors (Lipinski definition) is 3. The first-order valence-corrected chi connectivity index (χ1v) is 12.8. The highest BCUT2D eigenvalue weighted by Gasteiger charge is 2.21. The van der Waals surface area contributed by atoms with E-state index in [1.165, 1.54) is 22.4 Å². The highest BCUT2D eigenvalue weighted by atomic mass is 19.1. The lowest BCUT2D eigenvalue weighted by atomic mass is 9.93. The van der Waals surface area contributed by atoms with Gasteiger partial charge in [0.25, 0.3) is 0 Å². The van der Waals surface area contributed by atoms with Gasteiger partial charge in [0.1, 0.15) is 5.82 Å². The maximum Gasteiger partial charge on any atom is 0.338 e. The Labute approximate surface area is 222 Å². The van der Waals surface area contributed by atoms with Crippen LogP contribution in [0.3, 0.4) is 0 Å². The molecule has 4 aromatic carbocycles. The normalized spacial score (nSPS) is 13.4.